The monoisotopic (exact) mass is 350 g/mol. The van der Waals surface area contributed by atoms with Gasteiger partial charge in [0.25, 0.3) is 0 Å². The molecule has 25 heavy (non-hydrogen) atoms. The van der Waals surface area contributed by atoms with E-state index in [2.05, 4.69) is 0 Å². The van der Waals surface area contributed by atoms with Crippen molar-refractivity contribution < 1.29 is 131 Å². The van der Waals surface area contributed by atoms with Crippen molar-refractivity contribution in [3.63, 3.8) is 0 Å². The third kappa shape index (κ3) is 85.5. The molecule has 0 aliphatic rings. The second-order valence-electron chi connectivity index (χ2n) is 2.12. The van der Waals surface area contributed by atoms with Crippen LogP contribution in [0.15, 0.2) is 0 Å². The van der Waals surface area contributed by atoms with Crippen LogP contribution in [0.2, 0.25) is 0 Å². The van der Waals surface area contributed by atoms with Crippen LogP contribution in [0.4, 0.5) is 0 Å². The number of rotatable bonds is 0. The average Bonchev–Trinajstić information content (AvgIpc) is 2.29. The van der Waals surface area contributed by atoms with Crippen molar-refractivity contribution in [2.24, 2.45) is 0 Å². The summed E-state index contributed by atoms with van der Waals surface area (Å²) < 4.78 is 0. The Morgan fingerprint density at radius 1 is 0.440 bits per heavy atom. The predicted octanol–water partition coefficient (Wildman–Crippen LogP) is -15.5. The third-order valence-electron chi connectivity index (χ3n) is 0.549. The van der Waals surface area contributed by atoms with Gasteiger partial charge in [-0.15, -0.1) is 0 Å². The predicted molar refractivity (Wildman–Crippen MR) is 51.6 cm³/mol. The molecule has 0 aliphatic heterocycles. The molecule has 0 amide bonds. The maximum absolute atomic E-state index is 9.10. The molecule has 0 spiro atoms. The smallest absolute Gasteiger partial charge is 0.907 e. The van der Waals surface area contributed by atoms with Crippen molar-refractivity contribution in [1.29, 1.82) is 0 Å². The van der Waals surface area contributed by atoms with Gasteiger partial charge in [0, 0.05) is 0 Å². The van der Waals surface area contributed by atoms with E-state index in [0.717, 1.165) is 0 Å². The second kappa shape index (κ2) is 27.4. The number of carboxylic acids is 6. The van der Waals surface area contributed by atoms with E-state index < -0.39 is 43.1 Å². The van der Waals surface area contributed by atoms with E-state index in [1.165, 1.54) is 0 Å². The van der Waals surface area contributed by atoms with Crippen LogP contribution in [0.5, 0.6) is 0 Å². The number of carboxylic acid groups (broad SMARTS) is 6. The van der Waals surface area contributed by atoms with Gasteiger partial charge < -0.3 is 45.7 Å². The van der Waals surface area contributed by atoms with E-state index >= 15 is 0 Å². The number of aliphatic carboxylic acids is 6. The third-order valence-corrected chi connectivity index (χ3v) is 0.549. The number of carbonyl (C=O) groups is 6. The molecule has 0 atom stereocenters. The molecule has 0 rings (SSSR count). The molecule has 0 saturated carbocycles. The van der Waals surface area contributed by atoms with Crippen LogP contribution in [0.3, 0.4) is 0 Å². The normalized spacial score (nSPS) is 6.36. The van der Waals surface area contributed by atoms with Gasteiger partial charge in [-0.3, -0.25) is 7.32 Å². The summed E-state index contributed by atoms with van der Waals surface area (Å²) in [7, 11) is -2.92. The van der Waals surface area contributed by atoms with Crippen molar-refractivity contribution in [3.05, 3.63) is 0 Å². The van der Waals surface area contributed by atoms with E-state index in [4.69, 9.17) is 74.5 Å². The van der Waals surface area contributed by atoms with E-state index in [1.54, 1.807) is 0 Å². The molecule has 0 fully saturated rings. The van der Waals surface area contributed by atoms with Gasteiger partial charge in [0.05, 0.1) is 0 Å². The molecule has 0 aliphatic carbocycles. The second-order valence-corrected chi connectivity index (χ2v) is 2.12. The van der Waals surface area contributed by atoms with Gasteiger partial charge in [0.2, 0.25) is 0 Å². The molecule has 15 nitrogen and oxygen atoms in total. The van der Waals surface area contributed by atoms with Gasteiger partial charge in [-0.2, -0.15) is 0 Å². The minimum atomic E-state index is -2.92. The molecule has 0 aromatic carbocycles. The van der Waals surface area contributed by atoms with Crippen molar-refractivity contribution in [2.75, 3.05) is 0 Å². The zero-order valence-electron chi connectivity index (χ0n) is 12.9. The van der Waals surface area contributed by atoms with Crippen LogP contribution in [0.1, 0.15) is 0 Å². The Balaban J connectivity index is -0.0000000336. The minimum Gasteiger partial charge on any atom is -0.907 e. The first-order valence-corrected chi connectivity index (χ1v) is 4.02. The fourth-order valence-corrected chi connectivity index (χ4v) is 0. The van der Waals surface area contributed by atoms with Crippen LogP contribution in [0.25, 0.3) is 0 Å². The molecule has 19 heteroatoms. The molecule has 0 radical (unpaired) electrons. The van der Waals surface area contributed by atoms with Gasteiger partial charge in [-0.05, 0) is 0 Å². The fraction of sp³-hybridized carbons (Fsp3) is 0. The Morgan fingerprint density at radius 3 is 0.480 bits per heavy atom. The van der Waals surface area contributed by atoms with E-state index in [1.807, 2.05) is 0 Å². The van der Waals surface area contributed by atoms with Gasteiger partial charge in [-0.1, -0.05) is 0 Å². The van der Waals surface area contributed by atoms with Gasteiger partial charge in [0.1, 0.15) is 0 Å². The number of hydrogen-bond acceptors (Lipinski definition) is 9. The number of hydrogen-bond donors (Lipinski definition) is 6. The molecule has 0 saturated heterocycles. The van der Waals surface area contributed by atoms with E-state index in [9.17, 15) is 0 Å². The molecule has 0 aromatic rings. The maximum atomic E-state index is 9.10. The minimum absolute atomic E-state index is 0. The van der Waals surface area contributed by atoms with Crippen LogP contribution in [-0.4, -0.2) is 73.8 Å². The van der Waals surface area contributed by atoms with Gasteiger partial charge in [-0.25, -0.2) is 28.8 Å². The summed E-state index contributed by atoms with van der Waals surface area (Å²) in [6, 6.07) is 0. The molecule has 126 valence electrons. The first kappa shape index (κ1) is 43.7. The standard InChI is InChI=1S/3C2H2O4.BO3.3Li/c3*3-1(4)2(5)6;2-1(3)4;;;/h3*(H,3,4)(H,5,6);;;;/q;;;-3;3*+1. The SMILES string of the molecule is O=C(O)C(=O)O.O=C(O)C(=O)O.O=C(O)C(=O)O.[Li+].[Li+].[Li+].[O-]B([O-])[O-]. The molecular formula is C6H6BLi3O15. The summed E-state index contributed by atoms with van der Waals surface area (Å²) in [6.07, 6.45) is 0. The molecule has 6 N–H and O–H groups in total. The maximum Gasteiger partial charge on any atom is 1.00 e. The van der Waals surface area contributed by atoms with Crippen LogP contribution in [-0.2, 0) is 28.8 Å². The zero-order chi connectivity index (χ0) is 19.0. The van der Waals surface area contributed by atoms with E-state index in [0.29, 0.717) is 0 Å². The first-order chi connectivity index (χ1) is 9.66. The molecular weight excluding hydrogens is 344 g/mol. The topological polar surface area (TPSA) is 293 Å². The Labute approximate surface area is 174 Å². The summed E-state index contributed by atoms with van der Waals surface area (Å²) in [5, 5.41) is 69.6. The van der Waals surface area contributed by atoms with E-state index in [-0.39, 0.29) is 56.6 Å². The van der Waals surface area contributed by atoms with Crippen LogP contribution in [0, 0.1) is 0 Å². The van der Waals surface area contributed by atoms with Crippen molar-refractivity contribution in [2.45, 2.75) is 0 Å². The Morgan fingerprint density at radius 2 is 0.480 bits per heavy atom. The van der Waals surface area contributed by atoms with Gasteiger partial charge >= 0.3 is 92.4 Å². The molecule has 0 heterocycles. The summed E-state index contributed by atoms with van der Waals surface area (Å²) in [6.45, 7) is 0. The zero-order valence-corrected chi connectivity index (χ0v) is 12.9. The van der Waals surface area contributed by atoms with Crippen LogP contribution >= 0.6 is 0 Å². The Bertz CT molecular complexity index is 328. The Hall–Kier alpha value is -1.44. The summed E-state index contributed by atoms with van der Waals surface area (Å²) >= 11 is 0. The van der Waals surface area contributed by atoms with Crippen molar-refractivity contribution in [3.8, 4) is 0 Å². The largest absolute Gasteiger partial charge is 1.00 e. The quantitative estimate of drug-likeness (QED) is 0.174. The Kier molecular flexibility index (Phi) is 47.9. The fourth-order valence-electron chi connectivity index (χ4n) is 0. The summed E-state index contributed by atoms with van der Waals surface area (Å²) in [5.41, 5.74) is 0. The van der Waals surface area contributed by atoms with Crippen LogP contribution < -0.4 is 71.7 Å². The molecule has 0 bridgehead atoms. The molecule has 0 unspecified atom stereocenters. The first-order valence-electron chi connectivity index (χ1n) is 4.02. The van der Waals surface area contributed by atoms with Crippen molar-refractivity contribution in [1.82, 2.24) is 0 Å². The summed E-state index contributed by atoms with van der Waals surface area (Å²) in [5.74, 6) is -10.9. The van der Waals surface area contributed by atoms with Gasteiger partial charge in [0.15, 0.2) is 0 Å². The van der Waals surface area contributed by atoms with Crippen molar-refractivity contribution >= 4 is 43.1 Å². The summed E-state index contributed by atoms with van der Waals surface area (Å²) in [4.78, 5) is 54.6. The molecule has 0 aromatic heterocycles. The average molecular weight is 350 g/mol.